The Morgan fingerprint density at radius 2 is 1.71 bits per heavy atom. The molecule has 2 heterocycles. The molecule has 3 aromatic rings. The molecule has 0 unspecified atom stereocenters. The fourth-order valence-corrected chi connectivity index (χ4v) is 3.66. The summed E-state index contributed by atoms with van der Waals surface area (Å²) in [6, 6.07) is 18.4. The summed E-state index contributed by atoms with van der Waals surface area (Å²) < 4.78 is 7.15. The molecule has 2 aromatic carbocycles. The third kappa shape index (κ3) is 5.69. The second-order valence-electron chi connectivity index (χ2n) is 7.20. The van der Waals surface area contributed by atoms with Crippen LogP contribution >= 0.6 is 24.0 Å². The van der Waals surface area contributed by atoms with E-state index in [1.165, 1.54) is 5.69 Å². The van der Waals surface area contributed by atoms with Gasteiger partial charge >= 0.3 is 0 Å². The van der Waals surface area contributed by atoms with Crippen LogP contribution in [0.15, 0.2) is 72.0 Å². The summed E-state index contributed by atoms with van der Waals surface area (Å²) in [7, 11) is 3.53. The molecule has 0 spiro atoms. The van der Waals surface area contributed by atoms with E-state index in [0.717, 1.165) is 49.1 Å². The molecule has 0 atom stereocenters. The first-order valence-electron chi connectivity index (χ1n) is 10.2. The highest BCUT2D eigenvalue weighted by Gasteiger charge is 2.20. The zero-order valence-electron chi connectivity index (χ0n) is 17.9. The summed E-state index contributed by atoms with van der Waals surface area (Å²) in [5, 5.41) is 7.94. The van der Waals surface area contributed by atoms with Crippen molar-refractivity contribution in [3.05, 3.63) is 72.6 Å². The van der Waals surface area contributed by atoms with E-state index in [-0.39, 0.29) is 24.0 Å². The van der Waals surface area contributed by atoms with E-state index in [2.05, 4.69) is 43.5 Å². The van der Waals surface area contributed by atoms with E-state index in [4.69, 9.17) is 4.74 Å². The number of aromatic nitrogens is 2. The minimum atomic E-state index is 0. The highest BCUT2D eigenvalue weighted by Crippen LogP contribution is 2.20. The second kappa shape index (κ2) is 11.0. The largest absolute Gasteiger partial charge is 0.497 e. The van der Waals surface area contributed by atoms with Gasteiger partial charge in [-0.15, -0.1) is 24.0 Å². The number of methoxy groups -OCH3 is 1. The van der Waals surface area contributed by atoms with Crippen molar-refractivity contribution in [3.63, 3.8) is 0 Å². The zero-order valence-corrected chi connectivity index (χ0v) is 20.3. The van der Waals surface area contributed by atoms with Crippen LogP contribution in [0.4, 0.5) is 5.69 Å². The second-order valence-corrected chi connectivity index (χ2v) is 7.20. The fraction of sp³-hybridized carbons (Fsp3) is 0.304. The molecule has 8 heteroatoms. The van der Waals surface area contributed by atoms with Crippen LogP contribution in [-0.4, -0.2) is 61.0 Å². The van der Waals surface area contributed by atoms with Crippen molar-refractivity contribution < 1.29 is 4.74 Å². The lowest BCUT2D eigenvalue weighted by Gasteiger charge is -2.37. The van der Waals surface area contributed by atoms with Crippen LogP contribution in [0.1, 0.15) is 5.56 Å². The smallest absolute Gasteiger partial charge is 0.194 e. The molecule has 1 aliphatic rings. The third-order valence-electron chi connectivity index (χ3n) is 5.34. The summed E-state index contributed by atoms with van der Waals surface area (Å²) in [5.74, 6) is 1.81. The Kier molecular flexibility index (Phi) is 8.16. The first kappa shape index (κ1) is 22.9. The van der Waals surface area contributed by atoms with Crippen molar-refractivity contribution in [1.29, 1.82) is 0 Å². The molecule has 31 heavy (non-hydrogen) atoms. The Balaban J connectivity index is 0.00000272. The summed E-state index contributed by atoms with van der Waals surface area (Å²) in [5.41, 5.74) is 3.41. The summed E-state index contributed by atoms with van der Waals surface area (Å²) >= 11 is 0. The number of ether oxygens (including phenoxy) is 1. The van der Waals surface area contributed by atoms with Gasteiger partial charge in [0.25, 0.3) is 0 Å². The average Bonchev–Trinajstić information content (AvgIpc) is 3.30. The molecule has 0 radical (unpaired) electrons. The van der Waals surface area contributed by atoms with E-state index in [1.54, 1.807) is 7.11 Å². The maximum absolute atomic E-state index is 5.25. The lowest BCUT2D eigenvalue weighted by atomic mass is 10.2. The normalized spacial score (nSPS) is 14.2. The number of piperazine rings is 1. The monoisotopic (exact) mass is 532 g/mol. The molecule has 1 fully saturated rings. The van der Waals surface area contributed by atoms with Gasteiger partial charge in [-0.05, 0) is 36.4 Å². The topological polar surface area (TPSA) is 57.9 Å². The van der Waals surface area contributed by atoms with Gasteiger partial charge in [0.15, 0.2) is 5.96 Å². The highest BCUT2D eigenvalue weighted by molar-refractivity contribution is 14.0. The third-order valence-corrected chi connectivity index (χ3v) is 5.34. The van der Waals surface area contributed by atoms with Gasteiger partial charge in [-0.3, -0.25) is 4.99 Å². The van der Waals surface area contributed by atoms with Gasteiger partial charge in [-0.2, -0.15) is 5.10 Å². The maximum Gasteiger partial charge on any atom is 0.194 e. The van der Waals surface area contributed by atoms with Crippen molar-refractivity contribution in [1.82, 2.24) is 20.0 Å². The standard InChI is InChI=1S/C23H28N6O.HI/c1-24-23(25-16-19-17-26-29(18-19)21-6-4-3-5-7-21)28-14-12-27(13-15-28)20-8-10-22(30-2)11-9-20;/h3-11,17-18H,12-16H2,1-2H3,(H,24,25);1H. The van der Waals surface area contributed by atoms with Crippen LogP contribution in [0.2, 0.25) is 0 Å². The average molecular weight is 532 g/mol. The van der Waals surface area contributed by atoms with Crippen LogP contribution in [0.25, 0.3) is 5.69 Å². The molecule has 0 bridgehead atoms. The SMILES string of the molecule is CN=C(NCc1cnn(-c2ccccc2)c1)N1CCN(c2ccc(OC)cc2)CC1.I. The molecule has 1 N–H and O–H groups in total. The molecular weight excluding hydrogens is 503 g/mol. The van der Waals surface area contributed by atoms with Gasteiger partial charge in [0.1, 0.15) is 5.75 Å². The molecule has 0 amide bonds. The Labute approximate surface area is 200 Å². The van der Waals surface area contributed by atoms with Crippen LogP contribution in [0, 0.1) is 0 Å². The predicted molar refractivity (Wildman–Crippen MR) is 136 cm³/mol. The fourth-order valence-electron chi connectivity index (χ4n) is 3.66. The van der Waals surface area contributed by atoms with E-state index in [1.807, 2.05) is 60.4 Å². The first-order chi connectivity index (χ1) is 14.8. The Bertz CT molecular complexity index is 965. The van der Waals surface area contributed by atoms with E-state index < -0.39 is 0 Å². The summed E-state index contributed by atoms with van der Waals surface area (Å²) in [6.45, 7) is 4.46. The van der Waals surface area contributed by atoms with Crippen molar-refractivity contribution in [2.24, 2.45) is 4.99 Å². The van der Waals surface area contributed by atoms with Gasteiger partial charge in [0.05, 0.1) is 19.0 Å². The molecule has 1 aliphatic heterocycles. The summed E-state index contributed by atoms with van der Waals surface area (Å²) in [4.78, 5) is 9.18. The number of aliphatic imine (C=N–C) groups is 1. The predicted octanol–water partition coefficient (Wildman–Crippen LogP) is 3.40. The molecule has 7 nitrogen and oxygen atoms in total. The van der Waals surface area contributed by atoms with Gasteiger partial charge in [-0.1, -0.05) is 18.2 Å². The molecule has 1 saturated heterocycles. The Hall–Kier alpha value is -2.75. The molecule has 0 saturated carbocycles. The Morgan fingerprint density at radius 1 is 1.00 bits per heavy atom. The first-order valence-corrected chi connectivity index (χ1v) is 10.2. The van der Waals surface area contributed by atoms with Crippen LogP contribution < -0.4 is 15.0 Å². The lowest BCUT2D eigenvalue weighted by Crippen LogP contribution is -2.52. The van der Waals surface area contributed by atoms with E-state index in [0.29, 0.717) is 6.54 Å². The number of nitrogens with one attached hydrogen (secondary N) is 1. The van der Waals surface area contributed by atoms with Crippen molar-refractivity contribution in [2.45, 2.75) is 6.54 Å². The Morgan fingerprint density at radius 3 is 2.35 bits per heavy atom. The van der Waals surface area contributed by atoms with Crippen molar-refractivity contribution in [2.75, 3.05) is 45.2 Å². The molecular formula is C23H29IN6O. The minimum Gasteiger partial charge on any atom is -0.497 e. The van der Waals surface area contributed by atoms with Gasteiger partial charge in [0.2, 0.25) is 0 Å². The molecule has 1 aromatic heterocycles. The van der Waals surface area contributed by atoms with Gasteiger partial charge < -0.3 is 19.9 Å². The van der Waals surface area contributed by atoms with Crippen molar-refractivity contribution in [3.8, 4) is 11.4 Å². The number of nitrogens with zero attached hydrogens (tertiary/aromatic N) is 5. The number of para-hydroxylation sites is 1. The van der Waals surface area contributed by atoms with E-state index >= 15 is 0 Å². The molecule has 4 rings (SSSR count). The van der Waals surface area contributed by atoms with Crippen LogP contribution in [-0.2, 0) is 6.54 Å². The number of rotatable bonds is 5. The van der Waals surface area contributed by atoms with Crippen molar-refractivity contribution >= 4 is 35.6 Å². The minimum absolute atomic E-state index is 0. The maximum atomic E-state index is 5.25. The van der Waals surface area contributed by atoms with Gasteiger partial charge in [-0.25, -0.2) is 4.68 Å². The quantitative estimate of drug-likeness (QED) is 0.310. The number of anilines is 1. The number of hydrogen-bond donors (Lipinski definition) is 1. The molecule has 0 aliphatic carbocycles. The number of benzene rings is 2. The lowest BCUT2D eigenvalue weighted by molar-refractivity contribution is 0.372. The number of guanidine groups is 1. The number of hydrogen-bond acceptors (Lipinski definition) is 4. The molecule has 164 valence electrons. The van der Waals surface area contributed by atoms with Gasteiger partial charge in [0, 0.05) is 57.2 Å². The highest BCUT2D eigenvalue weighted by atomic mass is 127. The zero-order chi connectivity index (χ0) is 20.8. The van der Waals surface area contributed by atoms with E-state index in [9.17, 15) is 0 Å². The van der Waals surface area contributed by atoms with Crippen LogP contribution in [0.5, 0.6) is 5.75 Å². The van der Waals surface area contributed by atoms with Crippen LogP contribution in [0.3, 0.4) is 0 Å². The number of halogens is 1. The summed E-state index contributed by atoms with van der Waals surface area (Å²) in [6.07, 6.45) is 3.95.